The van der Waals surface area contributed by atoms with Crippen LogP contribution in [0.25, 0.3) is 11.4 Å². The molecule has 11 heteroatoms. The number of nitrogens with zero attached hydrogens (tertiary/aromatic N) is 4. The number of ether oxygens (including phenoxy) is 2. The van der Waals surface area contributed by atoms with E-state index >= 15 is 0 Å². The van der Waals surface area contributed by atoms with E-state index in [0.717, 1.165) is 24.3 Å². The van der Waals surface area contributed by atoms with Crippen molar-refractivity contribution in [3.8, 4) is 17.1 Å². The minimum Gasteiger partial charge on any atom is -0.497 e. The number of morpholine rings is 1. The topological polar surface area (TPSA) is 105 Å². The van der Waals surface area contributed by atoms with Gasteiger partial charge in [0.15, 0.2) is 10.6 Å². The summed E-state index contributed by atoms with van der Waals surface area (Å²) in [4.78, 5) is 29.0. The highest BCUT2D eigenvalue weighted by Crippen LogP contribution is 2.21. The third kappa shape index (κ3) is 6.06. The Bertz CT molecular complexity index is 1220. The lowest BCUT2D eigenvalue weighted by molar-refractivity contribution is -0.133. The zero-order valence-electron chi connectivity index (χ0n) is 19.7. The Morgan fingerprint density at radius 3 is 2.49 bits per heavy atom. The summed E-state index contributed by atoms with van der Waals surface area (Å²) in [7, 11) is 3.18. The molecule has 0 radical (unpaired) electrons. The predicted octanol–water partition coefficient (Wildman–Crippen LogP) is 2.55. The van der Waals surface area contributed by atoms with Crippen LogP contribution in [-0.2, 0) is 20.9 Å². The monoisotopic (exact) mass is 496 g/mol. The fraction of sp³-hybridized carbons (Fsp3) is 0.333. The van der Waals surface area contributed by atoms with E-state index in [9.17, 15) is 9.59 Å². The number of aromatic amines is 1. The number of carbonyl (C=O) groups excluding carboxylic acids is 2. The highest BCUT2D eigenvalue weighted by Gasteiger charge is 2.18. The number of rotatable bonds is 8. The van der Waals surface area contributed by atoms with Gasteiger partial charge in [-0.3, -0.25) is 19.3 Å². The fourth-order valence-corrected chi connectivity index (χ4v) is 3.96. The fourth-order valence-electron chi connectivity index (χ4n) is 3.76. The molecule has 35 heavy (non-hydrogen) atoms. The standard InChI is InChI=1S/C24H28N6O4S/c1-28(15-21(31)25-18-5-7-19(8-6-18)29-11-13-34-14-12-29)22(32)16-30-23(26-27-24(30)35)17-3-9-20(33-2)10-4-17/h3-10H,11-16H2,1-2H3,(H,25,31)(H,27,35). The van der Waals surface area contributed by atoms with E-state index in [2.05, 4.69) is 20.4 Å². The molecule has 2 aromatic carbocycles. The van der Waals surface area contributed by atoms with Crippen molar-refractivity contribution in [1.29, 1.82) is 0 Å². The van der Waals surface area contributed by atoms with Crippen LogP contribution in [0.5, 0.6) is 5.75 Å². The molecule has 0 saturated carbocycles. The number of hydrogen-bond donors (Lipinski definition) is 2. The van der Waals surface area contributed by atoms with Crippen LogP contribution in [0.15, 0.2) is 48.5 Å². The lowest BCUT2D eigenvalue weighted by Gasteiger charge is -2.28. The summed E-state index contributed by atoms with van der Waals surface area (Å²) < 4.78 is 12.5. The number of nitrogens with one attached hydrogen (secondary N) is 2. The van der Waals surface area contributed by atoms with Crippen LogP contribution in [0.3, 0.4) is 0 Å². The molecule has 3 aromatic rings. The van der Waals surface area contributed by atoms with Crippen LogP contribution in [-0.4, -0.2) is 78.5 Å². The number of carbonyl (C=O) groups is 2. The van der Waals surface area contributed by atoms with Crippen molar-refractivity contribution in [3.63, 3.8) is 0 Å². The molecular weight excluding hydrogens is 468 g/mol. The van der Waals surface area contributed by atoms with Gasteiger partial charge >= 0.3 is 0 Å². The maximum atomic E-state index is 12.9. The van der Waals surface area contributed by atoms with Gasteiger partial charge in [0.05, 0.1) is 26.9 Å². The van der Waals surface area contributed by atoms with Gasteiger partial charge in [0.2, 0.25) is 11.8 Å². The summed E-state index contributed by atoms with van der Waals surface area (Å²) in [5, 5.41) is 9.83. The van der Waals surface area contributed by atoms with Crippen molar-refractivity contribution >= 4 is 35.4 Å². The molecular formula is C24H28N6O4S. The number of hydrogen-bond acceptors (Lipinski definition) is 7. The first-order valence-corrected chi connectivity index (χ1v) is 11.6. The molecule has 1 aromatic heterocycles. The van der Waals surface area contributed by atoms with Crippen LogP contribution in [0, 0.1) is 4.77 Å². The van der Waals surface area contributed by atoms with E-state index in [1.54, 1.807) is 18.7 Å². The van der Waals surface area contributed by atoms with E-state index in [-0.39, 0.29) is 24.9 Å². The summed E-state index contributed by atoms with van der Waals surface area (Å²) in [6, 6.07) is 15.0. The Morgan fingerprint density at radius 2 is 1.83 bits per heavy atom. The number of likely N-dealkylation sites (N-methyl/N-ethyl adjacent to an activating group) is 1. The number of H-pyrrole nitrogens is 1. The Morgan fingerprint density at radius 1 is 1.14 bits per heavy atom. The highest BCUT2D eigenvalue weighted by molar-refractivity contribution is 7.71. The van der Waals surface area contributed by atoms with Gasteiger partial charge in [0.1, 0.15) is 12.3 Å². The summed E-state index contributed by atoms with van der Waals surface area (Å²) in [6.07, 6.45) is 0. The van der Waals surface area contributed by atoms with Crippen LogP contribution in [0.1, 0.15) is 0 Å². The van der Waals surface area contributed by atoms with Gasteiger partial charge in [0, 0.05) is 37.1 Å². The van der Waals surface area contributed by atoms with Gasteiger partial charge in [0.25, 0.3) is 0 Å². The largest absolute Gasteiger partial charge is 0.497 e. The quantitative estimate of drug-likeness (QED) is 0.462. The molecule has 0 bridgehead atoms. The van der Waals surface area contributed by atoms with Crippen LogP contribution >= 0.6 is 12.2 Å². The molecule has 0 aliphatic carbocycles. The van der Waals surface area contributed by atoms with Crippen LogP contribution in [0.2, 0.25) is 0 Å². The third-order valence-electron chi connectivity index (χ3n) is 5.73. The molecule has 0 unspecified atom stereocenters. The number of benzene rings is 2. The average molecular weight is 497 g/mol. The number of aromatic nitrogens is 3. The Labute approximate surface area is 208 Å². The van der Waals surface area contributed by atoms with Gasteiger partial charge in [-0.1, -0.05) is 0 Å². The Kier molecular flexibility index (Phi) is 7.78. The SMILES string of the molecule is COc1ccc(-c2n[nH]c(=S)n2CC(=O)N(C)CC(=O)Nc2ccc(N3CCOCC3)cc2)cc1. The molecule has 0 atom stereocenters. The summed E-state index contributed by atoms with van der Waals surface area (Å²) in [5.41, 5.74) is 2.54. The van der Waals surface area contributed by atoms with Gasteiger partial charge in [-0.05, 0) is 60.7 Å². The second kappa shape index (κ2) is 11.2. The van der Waals surface area contributed by atoms with Crippen molar-refractivity contribution in [1.82, 2.24) is 19.7 Å². The maximum Gasteiger partial charge on any atom is 0.243 e. The van der Waals surface area contributed by atoms with Crippen LogP contribution < -0.4 is 15.0 Å². The Balaban J connectivity index is 1.34. The lowest BCUT2D eigenvalue weighted by atomic mass is 10.2. The Hall–Kier alpha value is -3.70. The van der Waals surface area contributed by atoms with Crippen molar-refractivity contribution in [2.45, 2.75) is 6.54 Å². The molecule has 2 heterocycles. The van der Waals surface area contributed by atoms with Crippen molar-refractivity contribution < 1.29 is 19.1 Å². The predicted molar refractivity (Wildman–Crippen MR) is 135 cm³/mol. The summed E-state index contributed by atoms with van der Waals surface area (Å²) >= 11 is 5.32. The van der Waals surface area contributed by atoms with Gasteiger partial charge in [-0.25, -0.2) is 0 Å². The van der Waals surface area contributed by atoms with Gasteiger partial charge in [-0.15, -0.1) is 0 Å². The average Bonchev–Trinajstić information content (AvgIpc) is 3.24. The van der Waals surface area contributed by atoms with E-state index in [1.807, 2.05) is 48.5 Å². The summed E-state index contributed by atoms with van der Waals surface area (Å²) in [6.45, 7) is 2.98. The first kappa shape index (κ1) is 24.4. The molecule has 2 N–H and O–H groups in total. The van der Waals surface area contributed by atoms with E-state index in [4.69, 9.17) is 21.7 Å². The molecule has 1 aliphatic rings. The first-order chi connectivity index (χ1) is 16.9. The smallest absolute Gasteiger partial charge is 0.243 e. The maximum absolute atomic E-state index is 12.9. The number of amides is 2. The molecule has 0 spiro atoms. The molecule has 1 aliphatic heterocycles. The highest BCUT2D eigenvalue weighted by atomic mass is 32.1. The van der Waals surface area contributed by atoms with Crippen molar-refractivity contribution in [3.05, 3.63) is 53.3 Å². The zero-order chi connectivity index (χ0) is 24.8. The van der Waals surface area contributed by atoms with Gasteiger partial charge in [-0.2, -0.15) is 5.10 Å². The zero-order valence-corrected chi connectivity index (χ0v) is 20.5. The van der Waals surface area contributed by atoms with Crippen molar-refractivity contribution in [2.75, 3.05) is 57.2 Å². The molecule has 10 nitrogen and oxygen atoms in total. The molecule has 4 rings (SSSR count). The second-order valence-corrected chi connectivity index (χ2v) is 8.50. The first-order valence-electron chi connectivity index (χ1n) is 11.2. The van der Waals surface area contributed by atoms with Gasteiger partial charge < -0.3 is 24.6 Å². The van der Waals surface area contributed by atoms with E-state index in [1.165, 1.54) is 4.90 Å². The molecule has 184 valence electrons. The van der Waals surface area contributed by atoms with E-state index in [0.29, 0.717) is 35.2 Å². The number of anilines is 2. The summed E-state index contributed by atoms with van der Waals surface area (Å²) in [5.74, 6) is 0.692. The third-order valence-corrected chi connectivity index (χ3v) is 6.05. The lowest BCUT2D eigenvalue weighted by Crippen LogP contribution is -2.37. The molecule has 1 saturated heterocycles. The molecule has 1 fully saturated rings. The van der Waals surface area contributed by atoms with Crippen molar-refractivity contribution in [2.24, 2.45) is 0 Å². The number of methoxy groups -OCH3 is 1. The minimum absolute atomic E-state index is 0.0469. The van der Waals surface area contributed by atoms with E-state index < -0.39 is 0 Å². The second-order valence-electron chi connectivity index (χ2n) is 8.11. The molecule has 2 amide bonds. The minimum atomic E-state index is -0.286. The van der Waals surface area contributed by atoms with Crippen LogP contribution in [0.4, 0.5) is 11.4 Å². The normalized spacial score (nSPS) is 13.4.